The number of aromatic hydroxyl groups is 1. The van der Waals surface area contributed by atoms with Crippen molar-refractivity contribution in [2.24, 2.45) is 0 Å². The predicted octanol–water partition coefficient (Wildman–Crippen LogP) is 4.15. The lowest BCUT2D eigenvalue weighted by Gasteiger charge is -2.29. The second-order valence-corrected chi connectivity index (χ2v) is 7.38. The van der Waals surface area contributed by atoms with Crippen LogP contribution in [0.3, 0.4) is 0 Å². The van der Waals surface area contributed by atoms with Gasteiger partial charge >= 0.3 is 0 Å². The summed E-state index contributed by atoms with van der Waals surface area (Å²) in [6, 6.07) is 20.7. The summed E-state index contributed by atoms with van der Waals surface area (Å²) in [6.07, 6.45) is 7.34. The second kappa shape index (κ2) is 7.61. The third kappa shape index (κ3) is 3.09. The molecule has 4 heterocycles. The van der Waals surface area contributed by atoms with Crippen LogP contribution in [0.4, 0.5) is 5.69 Å². The summed E-state index contributed by atoms with van der Waals surface area (Å²) in [5.41, 5.74) is 3.55. The minimum Gasteiger partial charge on any atom is -0.506 e. The Labute approximate surface area is 179 Å². The highest BCUT2D eigenvalue weighted by atomic mass is 32.1. The van der Waals surface area contributed by atoms with Crippen molar-refractivity contribution in [3.05, 3.63) is 103 Å². The van der Waals surface area contributed by atoms with Gasteiger partial charge in [0.2, 0.25) is 0 Å². The van der Waals surface area contributed by atoms with Gasteiger partial charge in [-0.05, 0) is 60.7 Å². The normalized spacial score (nSPS) is 18.4. The summed E-state index contributed by atoms with van der Waals surface area (Å²) in [7, 11) is 0. The summed E-state index contributed by atoms with van der Waals surface area (Å²) in [4.78, 5) is 10.7. The van der Waals surface area contributed by atoms with Crippen LogP contribution in [0, 0.1) is 0 Å². The molecule has 1 aliphatic heterocycles. The molecule has 2 atom stereocenters. The third-order valence-corrected chi connectivity index (χ3v) is 5.58. The van der Waals surface area contributed by atoms with Gasteiger partial charge in [0, 0.05) is 36.2 Å². The topological polar surface area (TPSA) is 66.2 Å². The van der Waals surface area contributed by atoms with Crippen molar-refractivity contribution in [3.63, 3.8) is 0 Å². The Hall–Kier alpha value is -3.71. The average molecular weight is 414 g/mol. The quantitative estimate of drug-likeness (QED) is 0.490. The average Bonchev–Trinajstić information content (AvgIpc) is 3.40. The number of rotatable bonds is 4. The number of phenols is 1. The zero-order valence-corrected chi connectivity index (χ0v) is 16.8. The maximum absolute atomic E-state index is 10.6. The number of nitrogens with zero attached hydrogens (tertiary/aromatic N) is 4. The number of hydrogen-bond acceptors (Lipinski definition) is 4. The molecule has 1 aromatic carbocycles. The van der Waals surface area contributed by atoms with E-state index in [-0.39, 0.29) is 17.8 Å². The van der Waals surface area contributed by atoms with Crippen molar-refractivity contribution in [3.8, 4) is 11.4 Å². The molecule has 2 N–H and O–H groups in total. The maximum atomic E-state index is 10.6. The summed E-state index contributed by atoms with van der Waals surface area (Å²) in [5, 5.41) is 14.5. The Kier molecular flexibility index (Phi) is 4.65. The van der Waals surface area contributed by atoms with Crippen LogP contribution in [0.5, 0.6) is 5.75 Å². The van der Waals surface area contributed by atoms with Gasteiger partial charge in [0.1, 0.15) is 11.8 Å². The Morgan fingerprint density at radius 3 is 2.47 bits per heavy atom. The Bertz CT molecular complexity index is 1180. The van der Waals surface area contributed by atoms with Crippen LogP contribution in [0.1, 0.15) is 23.5 Å². The molecular formula is C23H19N5OS. The molecule has 4 aromatic rings. The van der Waals surface area contributed by atoms with Gasteiger partial charge in [-0.15, -0.1) is 0 Å². The largest absolute Gasteiger partial charge is 0.506 e. The number of thiocarbonyl (C=S) groups is 1. The van der Waals surface area contributed by atoms with Gasteiger partial charge in [-0.25, -0.2) is 0 Å². The first kappa shape index (κ1) is 18.3. The predicted molar refractivity (Wildman–Crippen MR) is 120 cm³/mol. The minimum absolute atomic E-state index is 0.176. The highest BCUT2D eigenvalue weighted by molar-refractivity contribution is 7.80. The van der Waals surface area contributed by atoms with Crippen LogP contribution in [0.15, 0.2) is 91.5 Å². The van der Waals surface area contributed by atoms with E-state index in [2.05, 4.69) is 25.9 Å². The van der Waals surface area contributed by atoms with Crippen LogP contribution >= 0.6 is 12.2 Å². The monoisotopic (exact) mass is 413 g/mol. The second-order valence-electron chi connectivity index (χ2n) is 6.99. The molecule has 0 radical (unpaired) electrons. The van der Waals surface area contributed by atoms with Crippen LogP contribution in [0.25, 0.3) is 5.69 Å². The maximum Gasteiger partial charge on any atom is 0.174 e. The Balaban J connectivity index is 1.69. The van der Waals surface area contributed by atoms with Gasteiger partial charge in [0.05, 0.1) is 17.4 Å². The lowest BCUT2D eigenvalue weighted by atomic mass is 10.0. The summed E-state index contributed by atoms with van der Waals surface area (Å²) in [6.45, 7) is 0. The van der Waals surface area contributed by atoms with Crippen molar-refractivity contribution >= 4 is 23.0 Å². The molecule has 0 bridgehead atoms. The van der Waals surface area contributed by atoms with E-state index in [1.165, 1.54) is 0 Å². The molecule has 0 spiro atoms. The number of para-hydroxylation sites is 2. The number of nitrogens with one attached hydrogen (secondary N) is 1. The lowest BCUT2D eigenvalue weighted by Crippen LogP contribution is -2.30. The lowest BCUT2D eigenvalue weighted by molar-refractivity contribution is 0.472. The summed E-state index contributed by atoms with van der Waals surface area (Å²) < 4.78 is 2.12. The fraction of sp³-hybridized carbons (Fsp3) is 0.0870. The van der Waals surface area contributed by atoms with E-state index >= 15 is 0 Å². The number of benzene rings is 1. The number of phenolic OH excluding ortho intramolecular Hbond substituents is 1. The molecule has 7 heteroatoms. The molecular weight excluding hydrogens is 394 g/mol. The fourth-order valence-electron chi connectivity index (χ4n) is 3.96. The first-order valence-corrected chi connectivity index (χ1v) is 10.0. The first-order valence-electron chi connectivity index (χ1n) is 9.60. The number of anilines is 1. The Morgan fingerprint density at radius 1 is 0.900 bits per heavy atom. The van der Waals surface area contributed by atoms with E-state index in [1.54, 1.807) is 30.7 Å². The molecule has 1 aliphatic rings. The zero-order valence-electron chi connectivity index (χ0n) is 16.0. The van der Waals surface area contributed by atoms with Crippen molar-refractivity contribution in [1.29, 1.82) is 0 Å². The molecule has 3 aromatic heterocycles. The molecule has 0 unspecified atom stereocenters. The molecule has 30 heavy (non-hydrogen) atoms. The number of hydrogen-bond donors (Lipinski definition) is 2. The highest BCUT2D eigenvalue weighted by Gasteiger charge is 2.42. The summed E-state index contributed by atoms with van der Waals surface area (Å²) >= 11 is 5.73. The van der Waals surface area contributed by atoms with Gasteiger partial charge < -0.3 is 19.9 Å². The van der Waals surface area contributed by atoms with Gasteiger partial charge in [-0.1, -0.05) is 18.2 Å². The van der Waals surface area contributed by atoms with E-state index in [4.69, 9.17) is 12.2 Å². The molecule has 1 fully saturated rings. The standard InChI is InChI=1S/C23H19N5OS/c29-20-9-2-1-7-18(20)28-22(21(26-23(28)30)17-6-3-4-12-25-17)19-8-5-15-27(19)16-10-13-24-14-11-16/h1-15,21-22,29H,(H,26,30)/t21-,22+/m1/s1. The van der Waals surface area contributed by atoms with Gasteiger partial charge in [0.25, 0.3) is 0 Å². The highest BCUT2D eigenvalue weighted by Crippen LogP contribution is 2.44. The van der Waals surface area contributed by atoms with Crippen LogP contribution < -0.4 is 10.2 Å². The van der Waals surface area contributed by atoms with Gasteiger partial charge in [0.15, 0.2) is 5.11 Å². The SMILES string of the molecule is Oc1ccccc1N1C(=S)N[C@H](c2ccccn2)[C@@H]1c1cccn1-c1ccncc1. The van der Waals surface area contributed by atoms with Gasteiger partial charge in [-0.2, -0.15) is 0 Å². The zero-order chi connectivity index (χ0) is 20.5. The fourth-order valence-corrected chi connectivity index (χ4v) is 4.30. The van der Waals surface area contributed by atoms with Crippen LogP contribution in [-0.4, -0.2) is 24.8 Å². The molecule has 148 valence electrons. The van der Waals surface area contributed by atoms with Crippen molar-refractivity contribution in [2.45, 2.75) is 12.1 Å². The summed E-state index contributed by atoms with van der Waals surface area (Å²) in [5.74, 6) is 0.176. The third-order valence-electron chi connectivity index (χ3n) is 5.26. The minimum atomic E-state index is -0.219. The van der Waals surface area contributed by atoms with Gasteiger partial charge in [-0.3, -0.25) is 9.97 Å². The molecule has 1 saturated heterocycles. The van der Waals surface area contributed by atoms with E-state index in [9.17, 15) is 5.11 Å². The molecule has 5 rings (SSSR count). The molecule has 6 nitrogen and oxygen atoms in total. The number of pyridine rings is 2. The molecule has 0 saturated carbocycles. The molecule has 0 aliphatic carbocycles. The van der Waals surface area contributed by atoms with Crippen molar-refractivity contribution in [1.82, 2.24) is 19.9 Å². The first-order chi connectivity index (χ1) is 14.7. The Morgan fingerprint density at radius 2 is 1.70 bits per heavy atom. The van der Waals surface area contributed by atoms with E-state index in [0.29, 0.717) is 10.8 Å². The van der Waals surface area contributed by atoms with E-state index in [1.807, 2.05) is 59.6 Å². The van der Waals surface area contributed by atoms with Crippen LogP contribution in [-0.2, 0) is 0 Å². The van der Waals surface area contributed by atoms with E-state index < -0.39 is 0 Å². The molecule has 0 amide bonds. The van der Waals surface area contributed by atoms with Crippen molar-refractivity contribution < 1.29 is 5.11 Å². The number of aromatic nitrogens is 3. The van der Waals surface area contributed by atoms with Crippen LogP contribution in [0.2, 0.25) is 0 Å². The van der Waals surface area contributed by atoms with Crippen molar-refractivity contribution in [2.75, 3.05) is 4.90 Å². The smallest absolute Gasteiger partial charge is 0.174 e. The van der Waals surface area contributed by atoms with E-state index in [0.717, 1.165) is 17.1 Å².